The molecule has 6 nitrogen and oxygen atoms in total. The van der Waals surface area contributed by atoms with Crippen LogP contribution in [0.5, 0.6) is 17.2 Å². The van der Waals surface area contributed by atoms with Crippen molar-refractivity contribution in [3.05, 3.63) is 66.9 Å². The summed E-state index contributed by atoms with van der Waals surface area (Å²) >= 11 is 0. The summed E-state index contributed by atoms with van der Waals surface area (Å²) in [5, 5.41) is 0. The monoisotopic (exact) mass is 328 g/mol. The lowest BCUT2D eigenvalue weighted by Gasteiger charge is -2.08. The number of esters is 1. The topological polar surface area (TPSA) is 66.5 Å². The van der Waals surface area contributed by atoms with Gasteiger partial charge in [-0.1, -0.05) is 6.58 Å². The molecule has 0 amide bonds. The molecule has 3 rings (SSSR count). The number of ether oxygens (including phenoxy) is 5. The molecule has 1 aliphatic heterocycles. The van der Waals surface area contributed by atoms with Crippen LogP contribution in [0.2, 0.25) is 0 Å². The summed E-state index contributed by atoms with van der Waals surface area (Å²) < 4.78 is 25.9. The van der Waals surface area contributed by atoms with Gasteiger partial charge >= 0.3 is 5.97 Å². The molecule has 0 spiro atoms. The summed E-state index contributed by atoms with van der Waals surface area (Å²) in [5.74, 6) is 1.23. The lowest BCUT2D eigenvalue weighted by molar-refractivity contribution is 0.0733. The maximum absolute atomic E-state index is 12.1. The smallest absolute Gasteiger partial charge is 0.343 e. The van der Waals surface area contributed by atoms with Crippen molar-refractivity contribution in [1.82, 2.24) is 0 Å². The highest BCUT2D eigenvalue weighted by Crippen LogP contribution is 2.23. The van der Waals surface area contributed by atoms with E-state index in [0.717, 1.165) is 0 Å². The van der Waals surface area contributed by atoms with Gasteiger partial charge in [-0.3, -0.25) is 0 Å². The van der Waals surface area contributed by atoms with Crippen LogP contribution in [0.25, 0.3) is 0 Å². The SMILES string of the molecule is C=COCOc1ccc(C(=O)Oc2ccc(OC3CO3)cc2)cc1. The molecule has 0 N–H and O–H groups in total. The third-order valence-corrected chi connectivity index (χ3v) is 3.11. The Balaban J connectivity index is 1.54. The second-order valence-electron chi connectivity index (χ2n) is 4.86. The fourth-order valence-electron chi connectivity index (χ4n) is 1.85. The number of carbonyl (C=O) groups is 1. The molecule has 1 aliphatic rings. The number of benzene rings is 2. The lowest BCUT2D eigenvalue weighted by Crippen LogP contribution is -2.08. The van der Waals surface area contributed by atoms with Gasteiger partial charge in [-0.2, -0.15) is 0 Å². The number of rotatable bonds is 8. The van der Waals surface area contributed by atoms with E-state index < -0.39 is 5.97 Å². The molecular formula is C18H16O6. The predicted octanol–water partition coefficient (Wildman–Crippen LogP) is 3.14. The van der Waals surface area contributed by atoms with Crippen LogP contribution in [0.1, 0.15) is 10.4 Å². The van der Waals surface area contributed by atoms with Crippen LogP contribution < -0.4 is 14.2 Å². The third-order valence-electron chi connectivity index (χ3n) is 3.11. The molecule has 0 saturated carbocycles. The normalized spacial score (nSPS) is 15.2. The highest BCUT2D eigenvalue weighted by atomic mass is 16.8. The number of epoxide rings is 1. The van der Waals surface area contributed by atoms with Crippen molar-refractivity contribution < 1.29 is 28.5 Å². The van der Waals surface area contributed by atoms with E-state index in [-0.39, 0.29) is 13.1 Å². The minimum atomic E-state index is -0.455. The van der Waals surface area contributed by atoms with Crippen LogP contribution in [0.3, 0.4) is 0 Å². The van der Waals surface area contributed by atoms with Crippen molar-refractivity contribution in [2.24, 2.45) is 0 Å². The first-order valence-electron chi connectivity index (χ1n) is 7.30. The summed E-state index contributed by atoms with van der Waals surface area (Å²) in [4.78, 5) is 12.1. The van der Waals surface area contributed by atoms with Crippen LogP contribution in [0.15, 0.2) is 61.4 Å². The molecule has 1 saturated heterocycles. The molecule has 0 aromatic heterocycles. The van der Waals surface area contributed by atoms with Gasteiger partial charge in [0, 0.05) is 0 Å². The molecule has 6 heteroatoms. The van der Waals surface area contributed by atoms with Crippen molar-refractivity contribution >= 4 is 5.97 Å². The second kappa shape index (κ2) is 7.52. The maximum atomic E-state index is 12.1. The number of hydrogen-bond acceptors (Lipinski definition) is 6. The number of carbonyl (C=O) groups excluding carboxylic acids is 1. The van der Waals surface area contributed by atoms with Gasteiger partial charge in [0.2, 0.25) is 13.1 Å². The van der Waals surface area contributed by atoms with E-state index in [1.165, 1.54) is 6.26 Å². The predicted molar refractivity (Wildman–Crippen MR) is 85.0 cm³/mol. The molecule has 1 unspecified atom stereocenters. The minimum absolute atomic E-state index is 0.0631. The first-order chi connectivity index (χ1) is 11.7. The Bertz CT molecular complexity index is 688. The fourth-order valence-corrected chi connectivity index (χ4v) is 1.85. The Morgan fingerprint density at radius 2 is 1.71 bits per heavy atom. The molecule has 0 radical (unpaired) electrons. The van der Waals surface area contributed by atoms with E-state index >= 15 is 0 Å². The third kappa shape index (κ3) is 4.50. The van der Waals surface area contributed by atoms with Gasteiger partial charge in [0.25, 0.3) is 0 Å². The van der Waals surface area contributed by atoms with E-state index in [1.54, 1.807) is 48.5 Å². The standard InChI is InChI=1S/C18H16O6/c1-2-20-12-22-14-5-3-13(4-6-14)18(19)24-16-9-7-15(8-10-16)23-17-11-21-17/h2-10,17H,1,11-12H2. The molecule has 1 fully saturated rings. The Kier molecular flexibility index (Phi) is 4.98. The average Bonchev–Trinajstić information content (AvgIpc) is 3.41. The van der Waals surface area contributed by atoms with Crippen molar-refractivity contribution in [2.45, 2.75) is 6.29 Å². The van der Waals surface area contributed by atoms with Crippen LogP contribution in [0.4, 0.5) is 0 Å². The second-order valence-corrected chi connectivity index (χ2v) is 4.86. The summed E-state index contributed by atoms with van der Waals surface area (Å²) in [6, 6.07) is 13.3. The Morgan fingerprint density at radius 1 is 1.08 bits per heavy atom. The van der Waals surface area contributed by atoms with Gasteiger partial charge in [0.1, 0.15) is 23.9 Å². The fraction of sp³-hybridized carbons (Fsp3) is 0.167. The van der Waals surface area contributed by atoms with E-state index in [0.29, 0.717) is 29.4 Å². The molecule has 2 aromatic carbocycles. The molecule has 0 aliphatic carbocycles. The van der Waals surface area contributed by atoms with Crippen LogP contribution in [-0.4, -0.2) is 25.7 Å². The van der Waals surface area contributed by atoms with Crippen LogP contribution >= 0.6 is 0 Å². The largest absolute Gasteiger partial charge is 0.466 e. The van der Waals surface area contributed by atoms with Gasteiger partial charge in [-0.15, -0.1) is 0 Å². The van der Waals surface area contributed by atoms with Crippen molar-refractivity contribution in [3.8, 4) is 17.2 Å². The van der Waals surface area contributed by atoms with Gasteiger partial charge in [0.15, 0.2) is 0 Å². The summed E-state index contributed by atoms with van der Waals surface area (Å²) in [7, 11) is 0. The molecule has 0 bridgehead atoms. The minimum Gasteiger partial charge on any atom is -0.466 e. The highest BCUT2D eigenvalue weighted by molar-refractivity contribution is 5.91. The lowest BCUT2D eigenvalue weighted by atomic mass is 10.2. The van der Waals surface area contributed by atoms with Crippen LogP contribution in [0, 0.1) is 0 Å². The maximum Gasteiger partial charge on any atom is 0.343 e. The Morgan fingerprint density at radius 3 is 2.33 bits per heavy atom. The van der Waals surface area contributed by atoms with E-state index in [4.69, 9.17) is 23.7 Å². The summed E-state index contributed by atoms with van der Waals surface area (Å²) in [6.07, 6.45) is 1.13. The van der Waals surface area contributed by atoms with E-state index in [2.05, 4.69) is 6.58 Å². The van der Waals surface area contributed by atoms with Gasteiger partial charge in [-0.05, 0) is 48.5 Å². The Labute approximate surface area is 139 Å². The van der Waals surface area contributed by atoms with Gasteiger partial charge in [-0.25, -0.2) is 4.79 Å². The van der Waals surface area contributed by atoms with Gasteiger partial charge in [0.05, 0.1) is 11.8 Å². The summed E-state index contributed by atoms with van der Waals surface area (Å²) in [6.45, 7) is 4.08. The Hall–Kier alpha value is -2.99. The molecule has 1 atom stereocenters. The molecular weight excluding hydrogens is 312 g/mol. The van der Waals surface area contributed by atoms with E-state index in [9.17, 15) is 4.79 Å². The quantitative estimate of drug-likeness (QED) is 0.185. The van der Waals surface area contributed by atoms with Crippen molar-refractivity contribution in [2.75, 3.05) is 13.4 Å². The summed E-state index contributed by atoms with van der Waals surface area (Å²) in [5.41, 5.74) is 0.415. The first-order valence-corrected chi connectivity index (χ1v) is 7.30. The van der Waals surface area contributed by atoms with E-state index in [1.807, 2.05) is 0 Å². The molecule has 24 heavy (non-hydrogen) atoms. The molecule has 124 valence electrons. The molecule has 2 aromatic rings. The van der Waals surface area contributed by atoms with Crippen molar-refractivity contribution in [3.63, 3.8) is 0 Å². The zero-order valence-corrected chi connectivity index (χ0v) is 12.8. The average molecular weight is 328 g/mol. The first kappa shape index (κ1) is 15.9. The van der Waals surface area contributed by atoms with Crippen LogP contribution in [-0.2, 0) is 9.47 Å². The highest BCUT2D eigenvalue weighted by Gasteiger charge is 2.24. The number of hydrogen-bond donors (Lipinski definition) is 0. The molecule has 1 heterocycles. The van der Waals surface area contributed by atoms with Gasteiger partial charge < -0.3 is 23.7 Å². The zero-order valence-electron chi connectivity index (χ0n) is 12.8. The van der Waals surface area contributed by atoms with Crippen molar-refractivity contribution in [1.29, 1.82) is 0 Å². The zero-order chi connectivity index (χ0) is 16.8.